The fraction of sp³-hybridized carbons (Fsp3) is 0.333. The Morgan fingerprint density at radius 1 is 1.09 bits per heavy atom. The fourth-order valence-corrected chi connectivity index (χ4v) is 2.41. The SMILES string of the molecule is CCOc1c(C(=O)O)cc(S(=O)(=O)O)c(OCC)c1C(=O)O.[H-].[Na+]. The number of ether oxygens (including phenoxy) is 2. The van der Waals surface area contributed by atoms with Crippen molar-refractivity contribution in [2.75, 3.05) is 13.2 Å². The largest absolute Gasteiger partial charge is 1.00 e. The molecule has 9 nitrogen and oxygen atoms in total. The van der Waals surface area contributed by atoms with Crippen molar-refractivity contribution < 1.29 is 73.2 Å². The molecule has 1 aromatic carbocycles. The van der Waals surface area contributed by atoms with E-state index in [2.05, 4.69) is 0 Å². The third-order valence-electron chi connectivity index (χ3n) is 2.50. The molecule has 23 heavy (non-hydrogen) atoms. The van der Waals surface area contributed by atoms with E-state index in [1.165, 1.54) is 13.8 Å². The number of benzene rings is 1. The maximum atomic E-state index is 11.4. The van der Waals surface area contributed by atoms with Crippen LogP contribution < -0.4 is 39.0 Å². The van der Waals surface area contributed by atoms with Gasteiger partial charge >= 0.3 is 41.5 Å². The number of carboxylic acids is 2. The van der Waals surface area contributed by atoms with Gasteiger partial charge in [0, 0.05) is 0 Å². The smallest absolute Gasteiger partial charge is 1.00 e. The zero-order valence-electron chi connectivity index (χ0n) is 13.7. The molecule has 124 valence electrons. The number of aromatic carboxylic acids is 2. The second-order valence-electron chi connectivity index (χ2n) is 3.91. The first kappa shape index (κ1) is 21.7. The van der Waals surface area contributed by atoms with Gasteiger partial charge in [-0.3, -0.25) is 4.55 Å². The van der Waals surface area contributed by atoms with Crippen LogP contribution in [-0.4, -0.2) is 48.3 Å². The van der Waals surface area contributed by atoms with Crippen LogP contribution in [0.5, 0.6) is 11.5 Å². The summed E-state index contributed by atoms with van der Waals surface area (Å²) in [4.78, 5) is 21.7. The summed E-state index contributed by atoms with van der Waals surface area (Å²) in [6.07, 6.45) is 0. The molecule has 0 saturated heterocycles. The zero-order chi connectivity index (χ0) is 17.1. The second-order valence-corrected chi connectivity index (χ2v) is 5.30. The Morgan fingerprint density at radius 2 is 1.57 bits per heavy atom. The maximum Gasteiger partial charge on any atom is 1.00 e. The van der Waals surface area contributed by atoms with Crippen LogP contribution >= 0.6 is 0 Å². The van der Waals surface area contributed by atoms with Gasteiger partial charge in [0.05, 0.1) is 13.2 Å². The summed E-state index contributed by atoms with van der Waals surface area (Å²) >= 11 is 0. The minimum atomic E-state index is -4.91. The topological polar surface area (TPSA) is 147 Å². The molecule has 0 aliphatic heterocycles. The third kappa shape index (κ3) is 4.82. The van der Waals surface area contributed by atoms with E-state index < -0.39 is 49.6 Å². The summed E-state index contributed by atoms with van der Waals surface area (Å²) in [7, 11) is -4.91. The molecule has 0 aromatic heterocycles. The van der Waals surface area contributed by atoms with Gasteiger partial charge in [-0.1, -0.05) is 0 Å². The molecule has 0 saturated carbocycles. The predicted molar refractivity (Wildman–Crippen MR) is 73.6 cm³/mol. The minimum absolute atomic E-state index is 0. The van der Waals surface area contributed by atoms with E-state index in [1.807, 2.05) is 0 Å². The van der Waals surface area contributed by atoms with Crippen molar-refractivity contribution in [2.45, 2.75) is 18.7 Å². The number of carboxylic acid groups (broad SMARTS) is 2. The molecule has 0 unspecified atom stereocenters. The molecule has 1 rings (SSSR count). The Bertz CT molecular complexity index is 718. The summed E-state index contributed by atoms with van der Waals surface area (Å²) in [6, 6.07) is 0.597. The molecule has 1 aromatic rings. The standard InChI is InChI=1S/C12H14O9S.Na.H/c1-3-20-9-6(11(13)14)5-7(22(17,18)19)10(21-4-2)8(9)12(15)16;;/h5H,3-4H2,1-2H3,(H,13,14)(H,15,16)(H,17,18,19);;/q;+1;-1. The molecular formula is C12H15NaO9S. The van der Waals surface area contributed by atoms with Crippen molar-refractivity contribution in [3.63, 3.8) is 0 Å². The van der Waals surface area contributed by atoms with Crippen LogP contribution in [0.1, 0.15) is 36.0 Å². The van der Waals surface area contributed by atoms with Gasteiger partial charge in [0.1, 0.15) is 16.0 Å². The summed E-state index contributed by atoms with van der Waals surface area (Å²) in [5, 5.41) is 18.4. The van der Waals surface area contributed by atoms with E-state index in [-0.39, 0.29) is 44.2 Å². The van der Waals surface area contributed by atoms with Gasteiger partial charge in [0.2, 0.25) is 0 Å². The van der Waals surface area contributed by atoms with E-state index in [4.69, 9.17) is 14.6 Å². The van der Waals surface area contributed by atoms with E-state index in [9.17, 15) is 27.7 Å². The second kappa shape index (κ2) is 8.50. The van der Waals surface area contributed by atoms with Gasteiger partial charge in [-0.25, -0.2) is 9.59 Å². The van der Waals surface area contributed by atoms with Crippen LogP contribution in [0.15, 0.2) is 11.0 Å². The Kier molecular flexibility index (Phi) is 8.01. The van der Waals surface area contributed by atoms with Crippen molar-refractivity contribution in [3.05, 3.63) is 17.2 Å². The quantitative estimate of drug-likeness (QED) is 0.381. The molecule has 0 atom stereocenters. The first-order valence-corrected chi connectivity index (χ1v) is 7.49. The molecule has 0 fully saturated rings. The van der Waals surface area contributed by atoms with Gasteiger partial charge in [-0.05, 0) is 19.9 Å². The van der Waals surface area contributed by atoms with E-state index >= 15 is 0 Å². The first-order chi connectivity index (χ1) is 10.1. The van der Waals surface area contributed by atoms with Crippen LogP contribution in [0.2, 0.25) is 0 Å². The van der Waals surface area contributed by atoms with E-state index in [0.717, 1.165) is 0 Å². The Hall–Kier alpha value is -1.33. The van der Waals surface area contributed by atoms with Crippen LogP contribution in [-0.2, 0) is 10.1 Å². The van der Waals surface area contributed by atoms with Crippen molar-refractivity contribution in [1.82, 2.24) is 0 Å². The molecule has 0 aliphatic rings. The number of rotatable bonds is 7. The number of hydrogen-bond donors (Lipinski definition) is 3. The molecule has 0 spiro atoms. The normalized spacial score (nSPS) is 10.6. The van der Waals surface area contributed by atoms with E-state index in [0.29, 0.717) is 6.07 Å². The van der Waals surface area contributed by atoms with Crippen molar-refractivity contribution >= 4 is 22.1 Å². The summed E-state index contributed by atoms with van der Waals surface area (Å²) in [5.41, 5.74) is -1.49. The van der Waals surface area contributed by atoms with Crippen LogP contribution in [0.4, 0.5) is 0 Å². The Morgan fingerprint density at radius 3 is 1.91 bits per heavy atom. The average Bonchev–Trinajstić information content (AvgIpc) is 2.37. The number of carbonyl (C=O) groups is 2. The molecule has 0 bridgehead atoms. The van der Waals surface area contributed by atoms with Gasteiger partial charge in [-0.15, -0.1) is 0 Å². The number of hydrogen-bond acceptors (Lipinski definition) is 6. The van der Waals surface area contributed by atoms with Crippen LogP contribution in [0.3, 0.4) is 0 Å². The molecule has 3 N–H and O–H groups in total. The monoisotopic (exact) mass is 358 g/mol. The molecule has 0 aliphatic carbocycles. The summed E-state index contributed by atoms with van der Waals surface area (Å²) in [6.45, 7) is 2.79. The van der Waals surface area contributed by atoms with Gasteiger partial charge in [0.25, 0.3) is 10.1 Å². The van der Waals surface area contributed by atoms with Gasteiger partial charge in [0.15, 0.2) is 11.5 Å². The van der Waals surface area contributed by atoms with Crippen LogP contribution in [0.25, 0.3) is 0 Å². The van der Waals surface area contributed by atoms with Crippen LogP contribution in [0, 0.1) is 0 Å². The Balaban J connectivity index is 0. The summed E-state index contributed by atoms with van der Waals surface area (Å²) < 4.78 is 42.0. The maximum absolute atomic E-state index is 11.4. The Labute approximate surface area is 155 Å². The van der Waals surface area contributed by atoms with Crippen molar-refractivity contribution in [1.29, 1.82) is 0 Å². The fourth-order valence-electron chi connectivity index (χ4n) is 1.75. The predicted octanol–water partition coefficient (Wildman–Crippen LogP) is -1.76. The van der Waals surface area contributed by atoms with E-state index in [1.54, 1.807) is 0 Å². The van der Waals surface area contributed by atoms with Crippen molar-refractivity contribution in [3.8, 4) is 11.5 Å². The molecular weight excluding hydrogens is 343 g/mol. The summed E-state index contributed by atoms with van der Waals surface area (Å²) in [5.74, 6) is -4.48. The molecule has 0 amide bonds. The molecule has 0 heterocycles. The van der Waals surface area contributed by atoms with Gasteiger partial charge in [-0.2, -0.15) is 8.42 Å². The first-order valence-electron chi connectivity index (χ1n) is 6.05. The van der Waals surface area contributed by atoms with Crippen molar-refractivity contribution in [2.24, 2.45) is 0 Å². The molecule has 0 radical (unpaired) electrons. The average molecular weight is 358 g/mol. The van der Waals surface area contributed by atoms with Gasteiger partial charge < -0.3 is 21.1 Å². The minimum Gasteiger partial charge on any atom is -1.00 e. The third-order valence-corrected chi connectivity index (χ3v) is 3.36. The zero-order valence-corrected chi connectivity index (χ0v) is 15.5. The molecule has 11 heteroatoms.